The fraction of sp³-hybridized carbons (Fsp3) is 0.923. The highest BCUT2D eigenvalue weighted by Gasteiger charge is 2.48. The van der Waals surface area contributed by atoms with E-state index in [9.17, 15) is 18.3 Å². The molecule has 0 aromatic rings. The van der Waals surface area contributed by atoms with E-state index >= 15 is 0 Å². The van der Waals surface area contributed by atoms with Crippen molar-refractivity contribution >= 4 is 16.0 Å². The third-order valence-corrected chi connectivity index (χ3v) is 5.90. The van der Waals surface area contributed by atoms with Crippen LogP contribution in [0.5, 0.6) is 0 Å². The van der Waals surface area contributed by atoms with Crippen LogP contribution in [0.4, 0.5) is 0 Å². The van der Waals surface area contributed by atoms with Gasteiger partial charge in [-0.2, -0.15) is 0 Å². The molecule has 0 radical (unpaired) electrons. The minimum Gasteiger partial charge on any atom is -0.481 e. The molecule has 1 aliphatic heterocycles. The van der Waals surface area contributed by atoms with E-state index in [1.807, 2.05) is 6.92 Å². The Morgan fingerprint density at radius 1 is 1.37 bits per heavy atom. The third kappa shape index (κ3) is 3.28. The summed E-state index contributed by atoms with van der Waals surface area (Å²) in [5, 5.41) is 9.47. The minimum atomic E-state index is -3.15. The van der Waals surface area contributed by atoms with Gasteiger partial charge in [0.1, 0.15) is 0 Å². The van der Waals surface area contributed by atoms with Crippen molar-refractivity contribution in [3.05, 3.63) is 0 Å². The average Bonchev–Trinajstić information content (AvgIpc) is 3.11. The van der Waals surface area contributed by atoms with Crippen molar-refractivity contribution in [3.63, 3.8) is 0 Å². The smallest absolute Gasteiger partial charge is 0.309 e. The lowest BCUT2D eigenvalue weighted by Crippen LogP contribution is -2.42. The summed E-state index contributed by atoms with van der Waals surface area (Å²) < 4.78 is 24.7. The molecule has 2 rings (SSSR count). The van der Waals surface area contributed by atoms with E-state index in [4.69, 9.17) is 0 Å². The number of sulfonamides is 1. The highest BCUT2D eigenvalue weighted by molar-refractivity contribution is 7.88. The highest BCUT2D eigenvalue weighted by Crippen LogP contribution is 2.50. The maximum atomic E-state index is 11.6. The topological polar surface area (TPSA) is 74.7 Å². The van der Waals surface area contributed by atoms with Crippen LogP contribution in [0.3, 0.4) is 0 Å². The van der Waals surface area contributed by atoms with Crippen LogP contribution >= 0.6 is 0 Å². The molecule has 2 fully saturated rings. The van der Waals surface area contributed by atoms with E-state index in [1.165, 1.54) is 10.6 Å². The predicted molar refractivity (Wildman–Crippen MR) is 72.2 cm³/mol. The Kier molecular flexibility index (Phi) is 3.93. The first-order valence-electron chi connectivity index (χ1n) is 6.92. The maximum absolute atomic E-state index is 11.6. The number of nitrogens with zero attached hydrogens (tertiary/aromatic N) is 1. The first-order chi connectivity index (χ1) is 8.73. The molecule has 0 aromatic carbocycles. The Balaban J connectivity index is 2.04. The van der Waals surface area contributed by atoms with Crippen molar-refractivity contribution < 1.29 is 18.3 Å². The molecule has 19 heavy (non-hydrogen) atoms. The molecular weight excluding hydrogens is 266 g/mol. The van der Waals surface area contributed by atoms with E-state index in [-0.39, 0.29) is 11.8 Å². The Labute approximate surface area is 115 Å². The Morgan fingerprint density at radius 3 is 2.47 bits per heavy atom. The van der Waals surface area contributed by atoms with E-state index in [2.05, 4.69) is 0 Å². The van der Waals surface area contributed by atoms with E-state index in [0.717, 1.165) is 25.7 Å². The number of hydrogen-bond donors (Lipinski definition) is 1. The highest BCUT2D eigenvalue weighted by atomic mass is 32.2. The van der Waals surface area contributed by atoms with E-state index in [1.54, 1.807) is 0 Å². The number of carboxylic acids is 1. The van der Waals surface area contributed by atoms with E-state index < -0.39 is 21.4 Å². The van der Waals surface area contributed by atoms with Crippen LogP contribution in [0.1, 0.15) is 39.0 Å². The van der Waals surface area contributed by atoms with Crippen molar-refractivity contribution in [1.82, 2.24) is 4.31 Å². The molecule has 0 aromatic heterocycles. The Hall–Kier alpha value is -0.620. The fourth-order valence-electron chi connectivity index (χ4n) is 3.24. The number of rotatable bonds is 5. The molecule has 1 N–H and O–H groups in total. The van der Waals surface area contributed by atoms with Crippen LogP contribution in [0.25, 0.3) is 0 Å². The summed E-state index contributed by atoms with van der Waals surface area (Å²) in [4.78, 5) is 11.5. The molecule has 0 amide bonds. The van der Waals surface area contributed by atoms with Gasteiger partial charge in [0.25, 0.3) is 0 Å². The average molecular weight is 289 g/mol. The number of aliphatic carboxylic acids is 1. The zero-order chi connectivity index (χ0) is 14.3. The van der Waals surface area contributed by atoms with E-state index in [0.29, 0.717) is 19.5 Å². The van der Waals surface area contributed by atoms with Crippen LogP contribution in [0, 0.1) is 17.3 Å². The largest absolute Gasteiger partial charge is 0.481 e. The quantitative estimate of drug-likeness (QED) is 0.833. The molecule has 1 saturated carbocycles. The molecule has 5 nitrogen and oxygen atoms in total. The summed E-state index contributed by atoms with van der Waals surface area (Å²) in [7, 11) is -3.15. The van der Waals surface area contributed by atoms with Gasteiger partial charge in [0.2, 0.25) is 10.0 Å². The van der Waals surface area contributed by atoms with Gasteiger partial charge in [-0.3, -0.25) is 4.79 Å². The van der Waals surface area contributed by atoms with Gasteiger partial charge in [-0.05, 0) is 50.9 Å². The van der Waals surface area contributed by atoms with Crippen molar-refractivity contribution in [2.24, 2.45) is 17.3 Å². The molecular formula is C13H23NO4S. The molecule has 110 valence electrons. The Morgan fingerprint density at radius 2 is 2.00 bits per heavy atom. The second-order valence-electron chi connectivity index (χ2n) is 6.33. The molecule has 2 atom stereocenters. The van der Waals surface area contributed by atoms with Crippen LogP contribution in [-0.4, -0.2) is 43.1 Å². The number of piperidine rings is 1. The molecule has 2 aliphatic rings. The summed E-state index contributed by atoms with van der Waals surface area (Å²) in [6.07, 6.45) is 5.57. The van der Waals surface area contributed by atoms with Crippen LogP contribution in [0.15, 0.2) is 0 Å². The molecule has 0 bridgehead atoms. The lowest BCUT2D eigenvalue weighted by atomic mass is 9.75. The molecule has 6 heteroatoms. The van der Waals surface area contributed by atoms with Gasteiger partial charge in [0.15, 0.2) is 0 Å². The second kappa shape index (κ2) is 5.05. The van der Waals surface area contributed by atoms with Crippen molar-refractivity contribution in [2.75, 3.05) is 19.3 Å². The summed E-state index contributed by atoms with van der Waals surface area (Å²) in [5.41, 5.74) is -0.675. The van der Waals surface area contributed by atoms with Crippen LogP contribution in [0.2, 0.25) is 0 Å². The number of carboxylic acid groups (broad SMARTS) is 1. The number of hydrogen-bond acceptors (Lipinski definition) is 3. The van der Waals surface area contributed by atoms with Gasteiger partial charge in [0, 0.05) is 13.1 Å². The van der Waals surface area contributed by atoms with Crippen molar-refractivity contribution in [3.8, 4) is 0 Å². The normalized spacial score (nSPS) is 28.8. The molecule has 1 heterocycles. The molecule has 0 spiro atoms. The van der Waals surface area contributed by atoms with Gasteiger partial charge in [0.05, 0.1) is 11.7 Å². The molecule has 1 saturated heterocycles. The first-order valence-corrected chi connectivity index (χ1v) is 8.77. The maximum Gasteiger partial charge on any atom is 0.309 e. The monoisotopic (exact) mass is 289 g/mol. The molecule has 2 unspecified atom stereocenters. The van der Waals surface area contributed by atoms with Gasteiger partial charge < -0.3 is 5.11 Å². The zero-order valence-corrected chi connectivity index (χ0v) is 12.4. The third-order valence-electron chi connectivity index (χ3n) is 4.63. The van der Waals surface area contributed by atoms with Crippen LogP contribution in [-0.2, 0) is 14.8 Å². The van der Waals surface area contributed by atoms with Crippen LogP contribution < -0.4 is 0 Å². The first kappa shape index (κ1) is 14.8. The van der Waals surface area contributed by atoms with Gasteiger partial charge in [-0.15, -0.1) is 0 Å². The molecule has 1 aliphatic carbocycles. The van der Waals surface area contributed by atoms with Gasteiger partial charge in [-0.1, -0.05) is 0 Å². The zero-order valence-electron chi connectivity index (χ0n) is 11.6. The Bertz CT molecular complexity index is 457. The fourth-order valence-corrected chi connectivity index (χ4v) is 4.19. The summed E-state index contributed by atoms with van der Waals surface area (Å²) in [6.45, 7) is 2.88. The van der Waals surface area contributed by atoms with Gasteiger partial charge >= 0.3 is 5.97 Å². The predicted octanol–water partition coefficient (Wildman–Crippen LogP) is 1.55. The lowest BCUT2D eigenvalue weighted by Gasteiger charge is -2.35. The minimum absolute atomic E-state index is 0.171. The standard InChI is InChI=1S/C13H23NO4S/c1-13(12(15)16,11-5-6-11)8-10-4-3-7-14(9-10)19(2,17)18/h10-11H,3-9H2,1-2H3,(H,15,16). The lowest BCUT2D eigenvalue weighted by molar-refractivity contribution is -0.150. The second-order valence-corrected chi connectivity index (χ2v) is 8.31. The summed E-state index contributed by atoms with van der Waals surface area (Å²) in [5.74, 6) is -0.282. The summed E-state index contributed by atoms with van der Waals surface area (Å²) in [6, 6.07) is 0. The van der Waals surface area contributed by atoms with Crippen molar-refractivity contribution in [2.45, 2.75) is 39.0 Å². The van der Waals surface area contributed by atoms with Crippen molar-refractivity contribution in [1.29, 1.82) is 0 Å². The number of carbonyl (C=O) groups is 1. The van der Waals surface area contributed by atoms with Gasteiger partial charge in [-0.25, -0.2) is 12.7 Å². The SMILES string of the molecule is CC(CC1CCCN(S(C)(=O)=O)C1)(C(=O)O)C1CC1. The summed E-state index contributed by atoms with van der Waals surface area (Å²) >= 11 is 0.